The van der Waals surface area contributed by atoms with E-state index in [1.54, 1.807) is 21.3 Å². The lowest BCUT2D eigenvalue weighted by Gasteiger charge is -2.55. The summed E-state index contributed by atoms with van der Waals surface area (Å²) >= 11 is 0. The summed E-state index contributed by atoms with van der Waals surface area (Å²) in [6, 6.07) is 6.21. The van der Waals surface area contributed by atoms with E-state index in [0.717, 1.165) is 36.0 Å². The van der Waals surface area contributed by atoms with Crippen molar-refractivity contribution in [1.82, 2.24) is 10.6 Å². The summed E-state index contributed by atoms with van der Waals surface area (Å²) in [4.78, 5) is 4.43. The number of nitrogens with zero attached hydrogens (tertiary/aromatic N) is 1. The van der Waals surface area contributed by atoms with Crippen LogP contribution in [0.4, 0.5) is 0 Å². The molecule has 3 rings (SSSR count). The van der Waals surface area contributed by atoms with Gasteiger partial charge in [0.25, 0.3) is 0 Å². The van der Waals surface area contributed by atoms with Gasteiger partial charge in [0, 0.05) is 36.6 Å². The maximum Gasteiger partial charge on any atom is 0.191 e. The van der Waals surface area contributed by atoms with Gasteiger partial charge in [-0.1, -0.05) is 13.8 Å². The Bertz CT molecular complexity index is 680. The van der Waals surface area contributed by atoms with Gasteiger partial charge in [-0.15, -0.1) is 24.0 Å². The van der Waals surface area contributed by atoms with Gasteiger partial charge in [0.05, 0.1) is 26.4 Å². The Morgan fingerprint density at radius 1 is 1.30 bits per heavy atom. The fourth-order valence-electron chi connectivity index (χ4n) is 4.40. The fraction of sp³-hybridized carbons (Fsp3) is 0.650. The summed E-state index contributed by atoms with van der Waals surface area (Å²) in [5, 5.41) is 7.11. The number of benzene rings is 1. The van der Waals surface area contributed by atoms with E-state index in [2.05, 4.69) is 36.4 Å². The lowest BCUT2D eigenvalue weighted by atomic mass is 9.57. The second kappa shape index (κ2) is 8.86. The van der Waals surface area contributed by atoms with Crippen molar-refractivity contribution in [2.24, 2.45) is 16.3 Å². The number of halogens is 1. The molecule has 1 aromatic rings. The van der Waals surface area contributed by atoms with Crippen LogP contribution in [0.15, 0.2) is 23.2 Å². The number of fused-ring (bicyclic) bond motifs is 1. The molecular weight excluding hydrogens is 457 g/mol. The van der Waals surface area contributed by atoms with Crippen molar-refractivity contribution in [3.05, 3.63) is 23.8 Å². The van der Waals surface area contributed by atoms with Gasteiger partial charge in [0.15, 0.2) is 5.96 Å². The van der Waals surface area contributed by atoms with Crippen molar-refractivity contribution >= 4 is 29.9 Å². The second-order valence-electron chi connectivity index (χ2n) is 7.73. The Morgan fingerprint density at radius 3 is 2.67 bits per heavy atom. The van der Waals surface area contributed by atoms with Crippen LogP contribution in [-0.2, 0) is 4.74 Å². The number of aliphatic imine (C=N–C) groups is 1. The van der Waals surface area contributed by atoms with Crippen molar-refractivity contribution in [2.75, 3.05) is 27.9 Å². The molecule has 4 atom stereocenters. The van der Waals surface area contributed by atoms with Crippen LogP contribution in [0.5, 0.6) is 11.5 Å². The Labute approximate surface area is 179 Å². The Morgan fingerprint density at radius 2 is 2.04 bits per heavy atom. The number of nitrogens with one attached hydrogen (secondary N) is 2. The highest BCUT2D eigenvalue weighted by Gasteiger charge is 2.59. The van der Waals surface area contributed by atoms with Gasteiger partial charge >= 0.3 is 0 Å². The van der Waals surface area contributed by atoms with Crippen molar-refractivity contribution in [3.63, 3.8) is 0 Å². The van der Waals surface area contributed by atoms with Gasteiger partial charge in [-0.25, -0.2) is 0 Å². The molecule has 0 radical (unpaired) electrons. The minimum absolute atomic E-state index is 0. The van der Waals surface area contributed by atoms with Crippen molar-refractivity contribution in [3.8, 4) is 11.5 Å². The summed E-state index contributed by atoms with van der Waals surface area (Å²) in [7, 11) is 5.16. The van der Waals surface area contributed by atoms with Gasteiger partial charge in [0.2, 0.25) is 0 Å². The van der Waals surface area contributed by atoms with Crippen LogP contribution in [-0.4, -0.2) is 46.0 Å². The molecule has 27 heavy (non-hydrogen) atoms. The quantitative estimate of drug-likeness (QED) is 0.378. The van der Waals surface area contributed by atoms with Crippen LogP contribution in [0.3, 0.4) is 0 Å². The first-order valence-electron chi connectivity index (χ1n) is 9.25. The Hall–Kier alpha value is -1.22. The number of guanidine groups is 1. The smallest absolute Gasteiger partial charge is 0.191 e. The van der Waals surface area contributed by atoms with E-state index in [4.69, 9.17) is 14.2 Å². The minimum Gasteiger partial charge on any atom is -0.497 e. The number of ether oxygens (including phenoxy) is 3. The molecule has 2 N–H and O–H groups in total. The van der Waals surface area contributed by atoms with E-state index in [0.29, 0.717) is 18.1 Å². The molecular formula is C20H32IN3O3. The highest BCUT2D eigenvalue weighted by Crippen LogP contribution is 2.52. The molecule has 0 bridgehead atoms. The van der Waals surface area contributed by atoms with Crippen LogP contribution < -0.4 is 20.1 Å². The van der Waals surface area contributed by atoms with E-state index in [1.165, 1.54) is 0 Å². The molecule has 6 nitrogen and oxygen atoms in total. The third kappa shape index (κ3) is 4.13. The molecule has 2 fully saturated rings. The van der Waals surface area contributed by atoms with E-state index < -0.39 is 0 Å². The number of methoxy groups -OCH3 is 2. The van der Waals surface area contributed by atoms with E-state index >= 15 is 0 Å². The van der Waals surface area contributed by atoms with Gasteiger partial charge in [-0.2, -0.15) is 0 Å². The average Bonchev–Trinajstić information content (AvgIpc) is 3.11. The second-order valence-corrected chi connectivity index (χ2v) is 7.73. The van der Waals surface area contributed by atoms with E-state index in [-0.39, 0.29) is 35.4 Å². The molecule has 4 unspecified atom stereocenters. The SMILES string of the molecule is CN=C(NC(C)c1cc(OC)ccc1OC)NC1C2CCOC2C1(C)C.I. The standard InChI is InChI=1S/C20H31N3O3.HI/c1-12(15-11-13(24-5)7-8-16(15)25-6)22-19(21-4)23-17-14-9-10-26-18(14)20(17,2)3;/h7-8,11-12,14,17-18H,9-10H2,1-6H3,(H2,21,22,23);1H. The first-order valence-corrected chi connectivity index (χ1v) is 9.25. The Kier molecular flexibility index (Phi) is 7.24. The maximum absolute atomic E-state index is 5.89. The largest absolute Gasteiger partial charge is 0.497 e. The van der Waals surface area contributed by atoms with Crippen LogP contribution in [0.1, 0.15) is 38.8 Å². The van der Waals surface area contributed by atoms with Crippen molar-refractivity contribution in [2.45, 2.75) is 45.4 Å². The predicted molar refractivity (Wildman–Crippen MR) is 118 cm³/mol. The third-order valence-corrected chi connectivity index (χ3v) is 5.87. The molecule has 1 aliphatic heterocycles. The van der Waals surface area contributed by atoms with Crippen LogP contribution in [0, 0.1) is 11.3 Å². The lowest BCUT2D eigenvalue weighted by molar-refractivity contribution is -0.106. The maximum atomic E-state index is 5.89. The topological polar surface area (TPSA) is 64.1 Å². The number of hydrogen-bond acceptors (Lipinski definition) is 4. The zero-order chi connectivity index (χ0) is 18.9. The zero-order valence-corrected chi connectivity index (χ0v) is 19.4. The molecule has 0 amide bonds. The molecule has 0 aromatic heterocycles. The van der Waals surface area contributed by atoms with Gasteiger partial charge in [-0.05, 0) is 31.5 Å². The highest BCUT2D eigenvalue weighted by molar-refractivity contribution is 14.0. The summed E-state index contributed by atoms with van der Waals surface area (Å²) in [6.45, 7) is 7.48. The monoisotopic (exact) mass is 489 g/mol. The minimum atomic E-state index is 0. The molecule has 152 valence electrons. The summed E-state index contributed by atoms with van der Waals surface area (Å²) in [5.41, 5.74) is 1.14. The van der Waals surface area contributed by atoms with E-state index in [1.807, 2.05) is 18.2 Å². The molecule has 1 aliphatic carbocycles. The van der Waals surface area contributed by atoms with E-state index in [9.17, 15) is 0 Å². The first kappa shape index (κ1) is 22.1. The number of rotatable bonds is 5. The van der Waals surface area contributed by atoms with Crippen LogP contribution >= 0.6 is 24.0 Å². The first-order chi connectivity index (χ1) is 12.4. The zero-order valence-electron chi connectivity index (χ0n) is 17.0. The summed E-state index contributed by atoms with van der Waals surface area (Å²) in [5.74, 6) is 2.99. The molecule has 0 spiro atoms. The average molecular weight is 489 g/mol. The van der Waals surface area contributed by atoms with Gasteiger partial charge in [-0.3, -0.25) is 4.99 Å². The molecule has 1 saturated carbocycles. The fourth-order valence-corrected chi connectivity index (χ4v) is 4.40. The van der Waals surface area contributed by atoms with Crippen molar-refractivity contribution < 1.29 is 14.2 Å². The van der Waals surface area contributed by atoms with Crippen molar-refractivity contribution in [1.29, 1.82) is 0 Å². The molecule has 7 heteroatoms. The molecule has 1 saturated heterocycles. The normalized spacial score (nSPS) is 26.9. The van der Waals surface area contributed by atoms with Gasteiger partial charge < -0.3 is 24.8 Å². The van der Waals surface area contributed by atoms with Gasteiger partial charge in [0.1, 0.15) is 11.5 Å². The van der Waals surface area contributed by atoms with Crippen LogP contribution in [0.25, 0.3) is 0 Å². The molecule has 1 heterocycles. The highest BCUT2D eigenvalue weighted by atomic mass is 127. The van der Waals surface area contributed by atoms with Crippen LogP contribution in [0.2, 0.25) is 0 Å². The molecule has 1 aromatic carbocycles. The Balaban J connectivity index is 0.00000261. The summed E-state index contributed by atoms with van der Waals surface area (Å²) in [6.07, 6.45) is 1.47. The lowest BCUT2D eigenvalue weighted by Crippen LogP contribution is -2.68. The summed E-state index contributed by atoms with van der Waals surface area (Å²) < 4.78 is 16.8. The number of hydrogen-bond donors (Lipinski definition) is 2. The third-order valence-electron chi connectivity index (χ3n) is 5.87. The molecule has 2 aliphatic rings. The predicted octanol–water partition coefficient (Wildman–Crippen LogP) is 3.36.